The molecular formula is C13H13NO5. The minimum absolute atomic E-state index is 0.0460. The lowest BCUT2D eigenvalue weighted by Gasteiger charge is -2.09. The molecule has 1 aromatic rings. The molecule has 2 rings (SSSR count). The zero-order valence-corrected chi connectivity index (χ0v) is 10.5. The summed E-state index contributed by atoms with van der Waals surface area (Å²) in [5, 5.41) is 12.0. The summed E-state index contributed by atoms with van der Waals surface area (Å²) in [7, 11) is 2.83. The molecule has 0 aromatic heterocycles. The number of aromatic hydroxyl groups is 1. The van der Waals surface area contributed by atoms with Gasteiger partial charge in [0.05, 0.1) is 20.6 Å². The standard InChI is InChI=1S/C13H13NO5/c1-18-9-4-7(5-10(19-2)12(9)16)3-8-6-11(15)14-13(8)17/h3-5,16H,6H2,1-2H3,(H,14,15,17). The molecule has 1 aromatic carbocycles. The number of imide groups is 1. The fourth-order valence-corrected chi connectivity index (χ4v) is 1.82. The Morgan fingerprint density at radius 1 is 1.21 bits per heavy atom. The highest BCUT2D eigenvalue weighted by Gasteiger charge is 2.24. The van der Waals surface area contributed by atoms with Crippen LogP contribution in [0.1, 0.15) is 12.0 Å². The Labute approximate surface area is 109 Å². The van der Waals surface area contributed by atoms with Crippen LogP contribution < -0.4 is 14.8 Å². The van der Waals surface area contributed by atoms with Gasteiger partial charge < -0.3 is 14.6 Å². The number of ether oxygens (including phenoxy) is 2. The normalized spacial score (nSPS) is 16.6. The fourth-order valence-electron chi connectivity index (χ4n) is 1.82. The predicted octanol–water partition coefficient (Wildman–Crippen LogP) is 0.839. The molecule has 2 N–H and O–H groups in total. The zero-order valence-electron chi connectivity index (χ0n) is 10.5. The van der Waals surface area contributed by atoms with E-state index in [-0.39, 0.29) is 29.6 Å². The van der Waals surface area contributed by atoms with Crippen LogP contribution in [0.4, 0.5) is 0 Å². The molecule has 1 aliphatic rings. The van der Waals surface area contributed by atoms with Crippen LogP contribution in [0.5, 0.6) is 17.2 Å². The maximum absolute atomic E-state index is 11.5. The molecule has 0 aliphatic carbocycles. The van der Waals surface area contributed by atoms with Crippen LogP contribution in [0, 0.1) is 0 Å². The van der Waals surface area contributed by atoms with Crippen LogP contribution >= 0.6 is 0 Å². The van der Waals surface area contributed by atoms with E-state index in [1.165, 1.54) is 14.2 Å². The van der Waals surface area contributed by atoms with Crippen molar-refractivity contribution >= 4 is 17.9 Å². The molecule has 6 nitrogen and oxygen atoms in total. The summed E-state index contributed by atoms with van der Waals surface area (Å²) in [4.78, 5) is 22.5. The van der Waals surface area contributed by atoms with Crippen molar-refractivity contribution in [1.82, 2.24) is 5.32 Å². The maximum Gasteiger partial charge on any atom is 0.254 e. The molecule has 0 unspecified atom stereocenters. The summed E-state index contributed by atoms with van der Waals surface area (Å²) >= 11 is 0. The van der Waals surface area contributed by atoms with E-state index in [0.29, 0.717) is 11.1 Å². The second-order valence-electron chi connectivity index (χ2n) is 4.00. The lowest BCUT2D eigenvalue weighted by Crippen LogP contribution is -2.19. The summed E-state index contributed by atoms with van der Waals surface area (Å²) < 4.78 is 10.0. The first-order valence-corrected chi connectivity index (χ1v) is 5.55. The van der Waals surface area contributed by atoms with Gasteiger partial charge in [-0.05, 0) is 23.8 Å². The fraction of sp³-hybridized carbons (Fsp3) is 0.231. The zero-order chi connectivity index (χ0) is 14.0. The minimum Gasteiger partial charge on any atom is -0.502 e. The number of phenols is 1. The average Bonchev–Trinajstić information content (AvgIpc) is 2.69. The van der Waals surface area contributed by atoms with Gasteiger partial charge in [-0.3, -0.25) is 14.9 Å². The van der Waals surface area contributed by atoms with E-state index < -0.39 is 5.91 Å². The van der Waals surface area contributed by atoms with Crippen LogP contribution in [0.15, 0.2) is 17.7 Å². The second-order valence-corrected chi connectivity index (χ2v) is 4.00. The van der Waals surface area contributed by atoms with Gasteiger partial charge in [0.15, 0.2) is 11.5 Å². The monoisotopic (exact) mass is 263 g/mol. The van der Waals surface area contributed by atoms with E-state index in [1.54, 1.807) is 18.2 Å². The minimum atomic E-state index is -0.406. The van der Waals surface area contributed by atoms with Crippen molar-refractivity contribution < 1.29 is 24.2 Å². The quantitative estimate of drug-likeness (QED) is 0.623. The number of nitrogens with one attached hydrogen (secondary N) is 1. The van der Waals surface area contributed by atoms with Crippen molar-refractivity contribution in [3.63, 3.8) is 0 Å². The molecule has 0 saturated carbocycles. The van der Waals surface area contributed by atoms with E-state index in [0.717, 1.165) is 0 Å². The maximum atomic E-state index is 11.5. The highest BCUT2D eigenvalue weighted by atomic mass is 16.5. The Morgan fingerprint density at radius 2 is 1.79 bits per heavy atom. The van der Waals surface area contributed by atoms with Crippen molar-refractivity contribution in [2.75, 3.05) is 14.2 Å². The topological polar surface area (TPSA) is 84.9 Å². The van der Waals surface area contributed by atoms with E-state index in [1.807, 2.05) is 0 Å². The number of carbonyl (C=O) groups is 2. The van der Waals surface area contributed by atoms with Crippen molar-refractivity contribution in [1.29, 1.82) is 0 Å². The lowest BCUT2D eigenvalue weighted by atomic mass is 10.1. The van der Waals surface area contributed by atoms with Gasteiger partial charge >= 0.3 is 0 Å². The Bertz CT molecular complexity index is 551. The molecule has 1 fully saturated rings. The molecule has 0 bridgehead atoms. The largest absolute Gasteiger partial charge is 0.502 e. The van der Waals surface area contributed by atoms with Crippen LogP contribution in [-0.2, 0) is 9.59 Å². The highest BCUT2D eigenvalue weighted by Crippen LogP contribution is 2.37. The second kappa shape index (κ2) is 5.01. The molecule has 0 radical (unpaired) electrons. The van der Waals surface area contributed by atoms with Gasteiger partial charge in [0.1, 0.15) is 0 Å². The molecule has 100 valence electrons. The number of phenolic OH excluding ortho intramolecular Hbond substituents is 1. The van der Waals surface area contributed by atoms with Crippen LogP contribution in [0.25, 0.3) is 6.08 Å². The first-order chi connectivity index (χ1) is 9.05. The van der Waals surface area contributed by atoms with E-state index in [4.69, 9.17) is 9.47 Å². The van der Waals surface area contributed by atoms with E-state index in [2.05, 4.69) is 5.32 Å². The van der Waals surface area contributed by atoms with Crippen LogP contribution in [0.2, 0.25) is 0 Å². The summed E-state index contributed by atoms with van der Waals surface area (Å²) in [6.07, 6.45) is 1.61. The number of hydrogen-bond acceptors (Lipinski definition) is 5. The molecule has 0 spiro atoms. The van der Waals surface area contributed by atoms with Crippen molar-refractivity contribution in [3.05, 3.63) is 23.3 Å². The van der Waals surface area contributed by atoms with Gasteiger partial charge in [-0.1, -0.05) is 0 Å². The molecule has 19 heavy (non-hydrogen) atoms. The molecule has 2 amide bonds. The van der Waals surface area contributed by atoms with Crippen molar-refractivity contribution in [2.45, 2.75) is 6.42 Å². The Hall–Kier alpha value is -2.50. The molecule has 1 saturated heterocycles. The summed E-state index contributed by atoms with van der Waals surface area (Å²) in [5.41, 5.74) is 0.964. The third-order valence-electron chi connectivity index (χ3n) is 2.74. The summed E-state index contributed by atoms with van der Waals surface area (Å²) in [5.74, 6) is -0.379. The molecule has 0 atom stereocenters. The number of hydrogen-bond donors (Lipinski definition) is 2. The number of rotatable bonds is 3. The average molecular weight is 263 g/mol. The SMILES string of the molecule is COc1cc(C=C2CC(=O)NC2=O)cc(OC)c1O. The Morgan fingerprint density at radius 3 is 2.21 bits per heavy atom. The van der Waals surface area contributed by atoms with Crippen LogP contribution in [-0.4, -0.2) is 31.1 Å². The number of benzene rings is 1. The molecule has 1 heterocycles. The number of amides is 2. The first-order valence-electron chi connectivity index (χ1n) is 5.55. The van der Waals surface area contributed by atoms with Gasteiger partial charge in [0.2, 0.25) is 11.7 Å². The van der Waals surface area contributed by atoms with Crippen molar-refractivity contribution in [3.8, 4) is 17.2 Å². The van der Waals surface area contributed by atoms with Gasteiger partial charge in [0, 0.05) is 5.57 Å². The molecule has 1 aliphatic heterocycles. The van der Waals surface area contributed by atoms with Crippen LogP contribution in [0.3, 0.4) is 0 Å². The predicted molar refractivity (Wildman–Crippen MR) is 67.0 cm³/mol. The third kappa shape index (κ3) is 2.52. The molecular weight excluding hydrogens is 250 g/mol. The van der Waals surface area contributed by atoms with Gasteiger partial charge in [-0.15, -0.1) is 0 Å². The molecule has 6 heteroatoms. The highest BCUT2D eigenvalue weighted by molar-refractivity contribution is 6.15. The number of carbonyl (C=O) groups excluding carboxylic acids is 2. The first kappa shape index (κ1) is 12.9. The van der Waals surface area contributed by atoms with Gasteiger partial charge in [-0.2, -0.15) is 0 Å². The van der Waals surface area contributed by atoms with Gasteiger partial charge in [-0.25, -0.2) is 0 Å². The van der Waals surface area contributed by atoms with E-state index >= 15 is 0 Å². The van der Waals surface area contributed by atoms with Gasteiger partial charge in [0.25, 0.3) is 5.91 Å². The Kier molecular flexibility index (Phi) is 3.41. The third-order valence-corrected chi connectivity index (χ3v) is 2.74. The lowest BCUT2D eigenvalue weighted by molar-refractivity contribution is -0.124. The summed E-state index contributed by atoms with van der Waals surface area (Å²) in [6.45, 7) is 0. The van der Waals surface area contributed by atoms with Crippen molar-refractivity contribution in [2.24, 2.45) is 0 Å². The smallest absolute Gasteiger partial charge is 0.254 e. The number of methoxy groups -OCH3 is 2. The Balaban J connectivity index is 2.43. The van der Waals surface area contributed by atoms with E-state index in [9.17, 15) is 14.7 Å². The summed E-state index contributed by atoms with van der Waals surface area (Å²) in [6, 6.07) is 3.11.